The van der Waals surface area contributed by atoms with E-state index in [9.17, 15) is 4.79 Å². The second-order valence-electron chi connectivity index (χ2n) is 5.41. The van der Waals surface area contributed by atoms with Gasteiger partial charge in [-0.1, -0.05) is 35.5 Å². The average Bonchev–Trinajstić information content (AvgIpc) is 3.10. The zero-order chi connectivity index (χ0) is 18.5. The van der Waals surface area contributed by atoms with Crippen LogP contribution in [0.25, 0.3) is 5.69 Å². The number of ketones is 1. The van der Waals surface area contributed by atoms with Gasteiger partial charge in [0, 0.05) is 10.6 Å². The first kappa shape index (κ1) is 18.4. The van der Waals surface area contributed by atoms with Gasteiger partial charge in [0.1, 0.15) is 11.4 Å². The highest BCUT2D eigenvalue weighted by Gasteiger charge is 2.21. The van der Waals surface area contributed by atoms with Crippen LogP contribution >= 0.6 is 23.4 Å². The van der Waals surface area contributed by atoms with E-state index in [4.69, 9.17) is 16.3 Å². The molecule has 0 aliphatic rings. The number of aromatic nitrogens is 4. The molecule has 0 amide bonds. The molecule has 0 saturated heterocycles. The van der Waals surface area contributed by atoms with E-state index in [2.05, 4.69) is 15.5 Å². The third kappa shape index (κ3) is 4.05. The molecule has 3 rings (SSSR count). The fourth-order valence-electron chi connectivity index (χ4n) is 2.37. The summed E-state index contributed by atoms with van der Waals surface area (Å²) in [5.74, 6) is 0.667. The molecule has 1 atom stereocenters. The molecule has 0 aliphatic carbocycles. The van der Waals surface area contributed by atoms with Gasteiger partial charge in [0.25, 0.3) is 0 Å². The fourth-order valence-corrected chi connectivity index (χ4v) is 3.38. The van der Waals surface area contributed by atoms with E-state index in [1.807, 2.05) is 38.1 Å². The Bertz CT molecular complexity index is 898. The Kier molecular flexibility index (Phi) is 5.90. The molecule has 0 N–H and O–H groups in total. The molecule has 0 saturated carbocycles. The van der Waals surface area contributed by atoms with Crippen molar-refractivity contribution in [3.63, 3.8) is 0 Å². The highest BCUT2D eigenvalue weighted by Crippen LogP contribution is 2.29. The van der Waals surface area contributed by atoms with E-state index >= 15 is 0 Å². The maximum Gasteiger partial charge on any atom is 0.214 e. The van der Waals surface area contributed by atoms with Crippen LogP contribution in [0.2, 0.25) is 5.02 Å². The van der Waals surface area contributed by atoms with Crippen molar-refractivity contribution >= 4 is 29.1 Å². The standard InChI is InChI=1S/C18H17ClN4O2S/c1-3-25-16-7-5-4-6-15(16)23-18(20-21-22-23)26-12(2)17(24)13-8-10-14(19)11-9-13/h4-12H,3H2,1-2H3. The maximum absolute atomic E-state index is 12.6. The number of rotatable bonds is 7. The van der Waals surface area contributed by atoms with Crippen LogP contribution in [0.4, 0.5) is 0 Å². The second-order valence-corrected chi connectivity index (χ2v) is 7.15. The number of hydrogen-bond acceptors (Lipinski definition) is 6. The van der Waals surface area contributed by atoms with Crippen molar-refractivity contribution in [2.75, 3.05) is 6.61 Å². The number of halogens is 1. The van der Waals surface area contributed by atoms with Gasteiger partial charge in [0.05, 0.1) is 11.9 Å². The van der Waals surface area contributed by atoms with E-state index in [0.29, 0.717) is 28.1 Å². The van der Waals surface area contributed by atoms with Gasteiger partial charge >= 0.3 is 0 Å². The largest absolute Gasteiger partial charge is 0.492 e. The highest BCUT2D eigenvalue weighted by atomic mass is 35.5. The molecule has 1 aromatic heterocycles. The van der Waals surface area contributed by atoms with E-state index in [1.54, 1.807) is 28.9 Å². The van der Waals surface area contributed by atoms with Gasteiger partial charge in [-0.05, 0) is 60.7 Å². The molecule has 134 valence electrons. The molecule has 1 unspecified atom stereocenters. The van der Waals surface area contributed by atoms with E-state index in [0.717, 1.165) is 5.69 Å². The number of Topliss-reactive ketones (excluding diaryl/α,β-unsaturated/α-hetero) is 1. The summed E-state index contributed by atoms with van der Waals surface area (Å²) in [6.07, 6.45) is 0. The van der Waals surface area contributed by atoms with Crippen molar-refractivity contribution in [2.24, 2.45) is 0 Å². The van der Waals surface area contributed by atoms with E-state index < -0.39 is 0 Å². The van der Waals surface area contributed by atoms with Crippen molar-refractivity contribution in [3.05, 3.63) is 59.1 Å². The van der Waals surface area contributed by atoms with Crippen molar-refractivity contribution in [1.82, 2.24) is 20.2 Å². The van der Waals surface area contributed by atoms with Crippen LogP contribution in [-0.4, -0.2) is 37.8 Å². The summed E-state index contributed by atoms with van der Waals surface area (Å²) in [7, 11) is 0. The van der Waals surface area contributed by atoms with Crippen molar-refractivity contribution in [3.8, 4) is 11.4 Å². The molecule has 6 nitrogen and oxygen atoms in total. The molecule has 1 heterocycles. The highest BCUT2D eigenvalue weighted by molar-refractivity contribution is 8.00. The van der Waals surface area contributed by atoms with Crippen LogP contribution in [0.1, 0.15) is 24.2 Å². The Labute approximate surface area is 160 Å². The van der Waals surface area contributed by atoms with Gasteiger partial charge in [-0.2, -0.15) is 4.68 Å². The number of hydrogen-bond donors (Lipinski definition) is 0. The molecule has 0 bridgehead atoms. The van der Waals surface area contributed by atoms with Crippen molar-refractivity contribution in [2.45, 2.75) is 24.3 Å². The van der Waals surface area contributed by atoms with Crippen LogP contribution in [0, 0.1) is 0 Å². The number of nitrogens with zero attached hydrogens (tertiary/aromatic N) is 4. The summed E-state index contributed by atoms with van der Waals surface area (Å²) >= 11 is 7.18. The Balaban J connectivity index is 1.83. The molecular weight excluding hydrogens is 372 g/mol. The Hall–Kier alpha value is -2.38. The van der Waals surface area contributed by atoms with Crippen LogP contribution in [-0.2, 0) is 0 Å². The zero-order valence-corrected chi connectivity index (χ0v) is 15.9. The quantitative estimate of drug-likeness (QED) is 0.448. The molecule has 8 heteroatoms. The van der Waals surface area contributed by atoms with Crippen LogP contribution in [0.5, 0.6) is 5.75 Å². The van der Waals surface area contributed by atoms with Crippen molar-refractivity contribution in [1.29, 1.82) is 0 Å². The summed E-state index contributed by atoms with van der Waals surface area (Å²) < 4.78 is 7.23. The average molecular weight is 389 g/mol. The number of para-hydroxylation sites is 2. The zero-order valence-electron chi connectivity index (χ0n) is 14.3. The van der Waals surface area contributed by atoms with Gasteiger partial charge in [0.2, 0.25) is 5.16 Å². The van der Waals surface area contributed by atoms with Crippen molar-refractivity contribution < 1.29 is 9.53 Å². The minimum Gasteiger partial charge on any atom is -0.492 e. The monoisotopic (exact) mass is 388 g/mol. The minimum atomic E-state index is -0.361. The lowest BCUT2D eigenvalue weighted by Crippen LogP contribution is -2.14. The third-order valence-corrected chi connectivity index (χ3v) is 4.90. The topological polar surface area (TPSA) is 69.9 Å². The SMILES string of the molecule is CCOc1ccccc1-n1nnnc1SC(C)C(=O)c1ccc(Cl)cc1. The summed E-state index contributed by atoms with van der Waals surface area (Å²) in [6, 6.07) is 14.3. The first-order chi connectivity index (χ1) is 12.6. The number of ether oxygens (including phenoxy) is 1. The maximum atomic E-state index is 12.6. The van der Waals surface area contributed by atoms with Gasteiger partial charge in [-0.15, -0.1) is 5.10 Å². The predicted octanol–water partition coefficient (Wildman–Crippen LogP) is 4.08. The molecule has 26 heavy (non-hydrogen) atoms. The number of benzene rings is 2. The lowest BCUT2D eigenvalue weighted by atomic mass is 10.1. The molecule has 2 aromatic carbocycles. The molecule has 3 aromatic rings. The lowest BCUT2D eigenvalue weighted by molar-refractivity contribution is 0.0994. The lowest BCUT2D eigenvalue weighted by Gasteiger charge is -2.12. The minimum absolute atomic E-state index is 0.0145. The summed E-state index contributed by atoms with van der Waals surface area (Å²) in [6.45, 7) is 4.28. The summed E-state index contributed by atoms with van der Waals surface area (Å²) in [4.78, 5) is 12.6. The molecule has 0 aliphatic heterocycles. The first-order valence-electron chi connectivity index (χ1n) is 8.07. The summed E-state index contributed by atoms with van der Waals surface area (Å²) in [5.41, 5.74) is 1.33. The predicted molar refractivity (Wildman–Crippen MR) is 101 cm³/mol. The van der Waals surface area contributed by atoms with Gasteiger partial charge in [-0.25, -0.2) is 0 Å². The van der Waals surface area contributed by atoms with Crippen LogP contribution < -0.4 is 4.74 Å². The smallest absolute Gasteiger partial charge is 0.214 e. The van der Waals surface area contributed by atoms with Gasteiger partial charge < -0.3 is 4.74 Å². The number of thioether (sulfide) groups is 1. The van der Waals surface area contributed by atoms with Gasteiger partial charge in [0.15, 0.2) is 5.78 Å². The second kappa shape index (κ2) is 8.33. The van der Waals surface area contributed by atoms with E-state index in [-0.39, 0.29) is 11.0 Å². The van der Waals surface area contributed by atoms with Crippen LogP contribution in [0.15, 0.2) is 53.7 Å². The molecule has 0 radical (unpaired) electrons. The molecular formula is C18H17ClN4O2S. The van der Waals surface area contributed by atoms with E-state index in [1.165, 1.54) is 11.8 Å². The Morgan fingerprint density at radius 3 is 2.69 bits per heavy atom. The first-order valence-corrected chi connectivity index (χ1v) is 9.33. The Morgan fingerprint density at radius 1 is 1.23 bits per heavy atom. The normalized spacial score (nSPS) is 12.0. The summed E-state index contributed by atoms with van der Waals surface area (Å²) in [5, 5.41) is 12.6. The fraction of sp³-hybridized carbons (Fsp3) is 0.222. The number of tetrazole rings is 1. The number of carbonyl (C=O) groups excluding carboxylic acids is 1. The molecule has 0 spiro atoms. The molecule has 0 fully saturated rings. The number of carbonyl (C=O) groups is 1. The third-order valence-electron chi connectivity index (χ3n) is 3.61. The van der Waals surface area contributed by atoms with Crippen LogP contribution in [0.3, 0.4) is 0 Å². The van der Waals surface area contributed by atoms with Gasteiger partial charge in [-0.3, -0.25) is 4.79 Å². The Morgan fingerprint density at radius 2 is 1.96 bits per heavy atom.